The van der Waals surface area contributed by atoms with E-state index in [-0.39, 0.29) is 17.6 Å². The van der Waals surface area contributed by atoms with Crippen LogP contribution in [-0.2, 0) is 11.8 Å². The van der Waals surface area contributed by atoms with Crippen LogP contribution in [0.4, 0.5) is 0 Å². The third-order valence-corrected chi connectivity index (χ3v) is 5.32. The van der Waals surface area contributed by atoms with Crippen LogP contribution >= 0.6 is 11.8 Å². The van der Waals surface area contributed by atoms with Gasteiger partial charge in [-0.2, -0.15) is 5.26 Å². The van der Waals surface area contributed by atoms with Crippen LogP contribution in [0.5, 0.6) is 5.75 Å². The largest absolute Gasteiger partial charge is 0.497 e. The first-order valence-corrected chi connectivity index (χ1v) is 9.18. The maximum Gasteiger partial charge on any atom is 0.231 e. The summed E-state index contributed by atoms with van der Waals surface area (Å²) in [6.45, 7) is 5.53. The molecule has 0 saturated heterocycles. The fourth-order valence-electron chi connectivity index (χ4n) is 2.19. The minimum absolute atomic E-state index is 0.0120. The highest BCUT2D eigenvalue weighted by Gasteiger charge is 2.30. The quantitative estimate of drug-likeness (QED) is 0.750. The summed E-state index contributed by atoms with van der Waals surface area (Å²) < 4.78 is 7.00. The standard InChI is InChI=1S/C18H23N5O2S/c1-12(2)18(3,11-19)20-15(24)10-26-17-22-21-16(23(17)4)13-6-8-14(25-5)9-7-13/h6-9,12H,10H2,1-5H3,(H,20,24)/t18-/m0/s1. The van der Waals surface area contributed by atoms with E-state index in [9.17, 15) is 10.1 Å². The average Bonchev–Trinajstić information content (AvgIpc) is 3.00. The van der Waals surface area contributed by atoms with E-state index in [1.165, 1.54) is 11.8 Å². The molecule has 0 spiro atoms. The van der Waals surface area contributed by atoms with Crippen LogP contribution < -0.4 is 10.1 Å². The Morgan fingerprint density at radius 3 is 2.58 bits per heavy atom. The Labute approximate surface area is 157 Å². The maximum absolute atomic E-state index is 12.2. The predicted octanol–water partition coefficient (Wildman–Crippen LogP) is 2.64. The van der Waals surface area contributed by atoms with Crippen LogP contribution in [0.25, 0.3) is 11.4 Å². The van der Waals surface area contributed by atoms with Gasteiger partial charge in [-0.3, -0.25) is 4.79 Å². The van der Waals surface area contributed by atoms with Crippen LogP contribution in [-0.4, -0.2) is 39.1 Å². The lowest BCUT2D eigenvalue weighted by molar-refractivity contribution is -0.120. The van der Waals surface area contributed by atoms with Crippen LogP contribution in [0.3, 0.4) is 0 Å². The minimum Gasteiger partial charge on any atom is -0.497 e. The van der Waals surface area contributed by atoms with Gasteiger partial charge in [0.1, 0.15) is 11.3 Å². The lowest BCUT2D eigenvalue weighted by Crippen LogP contribution is -2.49. The summed E-state index contributed by atoms with van der Waals surface area (Å²) in [5.74, 6) is 1.45. The molecule has 8 heteroatoms. The zero-order chi connectivity index (χ0) is 19.3. The summed E-state index contributed by atoms with van der Waals surface area (Å²) in [6.07, 6.45) is 0. The molecule has 1 N–H and O–H groups in total. The van der Waals surface area contributed by atoms with Crippen molar-refractivity contribution in [2.75, 3.05) is 12.9 Å². The van der Waals surface area contributed by atoms with E-state index in [2.05, 4.69) is 21.6 Å². The predicted molar refractivity (Wildman–Crippen MR) is 101 cm³/mol. The van der Waals surface area contributed by atoms with Crippen molar-refractivity contribution in [1.29, 1.82) is 5.26 Å². The molecule has 0 bridgehead atoms. The number of benzene rings is 1. The molecular weight excluding hydrogens is 350 g/mol. The Hall–Kier alpha value is -2.53. The number of carbonyl (C=O) groups excluding carboxylic acids is 1. The smallest absolute Gasteiger partial charge is 0.231 e. The van der Waals surface area contributed by atoms with Crippen molar-refractivity contribution in [3.8, 4) is 23.2 Å². The van der Waals surface area contributed by atoms with E-state index in [1.807, 2.05) is 49.7 Å². The highest BCUT2D eigenvalue weighted by molar-refractivity contribution is 7.99. The second kappa shape index (κ2) is 8.23. The molecule has 1 heterocycles. The van der Waals surface area contributed by atoms with Gasteiger partial charge in [-0.1, -0.05) is 25.6 Å². The number of rotatable bonds is 7. The molecule has 0 unspecified atom stereocenters. The minimum atomic E-state index is -0.883. The van der Waals surface area contributed by atoms with Crippen molar-refractivity contribution in [1.82, 2.24) is 20.1 Å². The van der Waals surface area contributed by atoms with E-state index in [1.54, 1.807) is 14.0 Å². The monoisotopic (exact) mass is 373 g/mol. The van der Waals surface area contributed by atoms with Gasteiger partial charge in [-0.25, -0.2) is 0 Å². The van der Waals surface area contributed by atoms with E-state index in [0.29, 0.717) is 11.0 Å². The van der Waals surface area contributed by atoms with E-state index >= 15 is 0 Å². The molecule has 1 atom stereocenters. The molecule has 0 aliphatic rings. The number of nitriles is 1. The van der Waals surface area contributed by atoms with E-state index < -0.39 is 5.54 Å². The fourth-order valence-corrected chi connectivity index (χ4v) is 2.90. The highest BCUT2D eigenvalue weighted by atomic mass is 32.2. The number of hydrogen-bond donors (Lipinski definition) is 1. The molecule has 138 valence electrons. The van der Waals surface area contributed by atoms with Crippen molar-refractivity contribution < 1.29 is 9.53 Å². The molecule has 1 amide bonds. The second-order valence-electron chi connectivity index (χ2n) is 6.40. The van der Waals surface area contributed by atoms with Gasteiger partial charge in [0.15, 0.2) is 11.0 Å². The van der Waals surface area contributed by atoms with Crippen molar-refractivity contribution in [2.24, 2.45) is 13.0 Å². The lowest BCUT2D eigenvalue weighted by Gasteiger charge is -2.27. The topological polar surface area (TPSA) is 92.8 Å². The van der Waals surface area contributed by atoms with Gasteiger partial charge in [0, 0.05) is 12.6 Å². The van der Waals surface area contributed by atoms with E-state index in [0.717, 1.165) is 11.3 Å². The summed E-state index contributed by atoms with van der Waals surface area (Å²) in [6, 6.07) is 9.70. The molecule has 1 aromatic heterocycles. The first-order chi connectivity index (χ1) is 12.3. The molecule has 2 aromatic rings. The van der Waals surface area contributed by atoms with Gasteiger partial charge in [0.2, 0.25) is 5.91 Å². The lowest BCUT2D eigenvalue weighted by atomic mass is 9.90. The second-order valence-corrected chi connectivity index (χ2v) is 7.34. The molecule has 1 aromatic carbocycles. The van der Waals surface area contributed by atoms with Crippen LogP contribution in [0.15, 0.2) is 29.4 Å². The molecule has 0 aliphatic heterocycles. The fraction of sp³-hybridized carbons (Fsp3) is 0.444. The first-order valence-electron chi connectivity index (χ1n) is 8.19. The summed E-state index contributed by atoms with van der Waals surface area (Å²) in [7, 11) is 3.47. The Bertz CT molecular complexity index is 810. The van der Waals surface area contributed by atoms with Gasteiger partial charge in [0.05, 0.1) is 18.9 Å². The molecule has 2 rings (SSSR count). The summed E-state index contributed by atoms with van der Waals surface area (Å²) in [5.41, 5.74) is 0.0279. The zero-order valence-corrected chi connectivity index (χ0v) is 16.4. The van der Waals surface area contributed by atoms with Crippen LogP contribution in [0.1, 0.15) is 20.8 Å². The van der Waals surface area contributed by atoms with Crippen molar-refractivity contribution >= 4 is 17.7 Å². The number of nitrogens with zero attached hydrogens (tertiary/aromatic N) is 4. The van der Waals surface area contributed by atoms with Gasteiger partial charge >= 0.3 is 0 Å². The number of ether oxygens (including phenoxy) is 1. The van der Waals surface area contributed by atoms with Crippen LogP contribution in [0.2, 0.25) is 0 Å². The zero-order valence-electron chi connectivity index (χ0n) is 15.6. The molecule has 0 radical (unpaired) electrons. The first kappa shape index (κ1) is 19.8. The Balaban J connectivity index is 2.04. The van der Waals surface area contributed by atoms with Gasteiger partial charge in [-0.05, 0) is 37.1 Å². The number of nitrogens with one attached hydrogen (secondary N) is 1. The number of amides is 1. The Kier molecular flexibility index (Phi) is 6.27. The van der Waals surface area contributed by atoms with Crippen LogP contribution in [0, 0.1) is 17.2 Å². The number of carbonyl (C=O) groups is 1. The molecular formula is C18H23N5O2S. The Morgan fingerprint density at radius 1 is 1.38 bits per heavy atom. The third kappa shape index (κ3) is 4.35. The highest BCUT2D eigenvalue weighted by Crippen LogP contribution is 2.24. The number of aromatic nitrogens is 3. The average molecular weight is 373 g/mol. The normalized spacial score (nSPS) is 13.1. The van der Waals surface area contributed by atoms with Crippen molar-refractivity contribution in [3.05, 3.63) is 24.3 Å². The van der Waals surface area contributed by atoms with E-state index in [4.69, 9.17) is 4.74 Å². The van der Waals surface area contributed by atoms with Crippen molar-refractivity contribution in [2.45, 2.75) is 31.5 Å². The Morgan fingerprint density at radius 2 is 2.04 bits per heavy atom. The summed E-state index contributed by atoms with van der Waals surface area (Å²) in [5, 5.41) is 21.1. The summed E-state index contributed by atoms with van der Waals surface area (Å²) >= 11 is 1.28. The molecule has 0 aliphatic carbocycles. The molecule has 26 heavy (non-hydrogen) atoms. The molecule has 0 saturated carbocycles. The SMILES string of the molecule is COc1ccc(-c2nnc(SCC(=O)N[C@@](C)(C#N)C(C)C)n2C)cc1. The van der Waals surface area contributed by atoms with Gasteiger partial charge in [0.25, 0.3) is 0 Å². The molecule has 7 nitrogen and oxygen atoms in total. The maximum atomic E-state index is 12.2. The summed E-state index contributed by atoms with van der Waals surface area (Å²) in [4.78, 5) is 12.2. The molecule has 0 fully saturated rings. The number of hydrogen-bond acceptors (Lipinski definition) is 6. The third-order valence-electron chi connectivity index (χ3n) is 4.30. The van der Waals surface area contributed by atoms with Crippen molar-refractivity contribution in [3.63, 3.8) is 0 Å². The van der Waals surface area contributed by atoms with Gasteiger partial charge in [-0.15, -0.1) is 10.2 Å². The number of thioether (sulfide) groups is 1. The number of methoxy groups -OCH3 is 1. The van der Waals surface area contributed by atoms with Gasteiger partial charge < -0.3 is 14.6 Å².